The fourth-order valence-corrected chi connectivity index (χ4v) is 3.65. The average Bonchev–Trinajstić information content (AvgIpc) is 3.04. The Morgan fingerprint density at radius 1 is 1.00 bits per heavy atom. The highest BCUT2D eigenvalue weighted by Gasteiger charge is 2.12. The summed E-state index contributed by atoms with van der Waals surface area (Å²) in [6, 6.07) is 22.4. The van der Waals surface area contributed by atoms with Crippen LogP contribution in [0.5, 0.6) is 0 Å². The molecule has 1 aromatic heterocycles. The number of nitrogens with zero attached hydrogens (tertiary/aromatic N) is 2. The fourth-order valence-electron chi connectivity index (χ4n) is 3.65. The topological polar surface area (TPSA) is 45.5 Å². The van der Waals surface area contributed by atoms with Crippen molar-refractivity contribution in [2.24, 2.45) is 0 Å². The van der Waals surface area contributed by atoms with E-state index in [0.29, 0.717) is 6.54 Å². The highest BCUT2D eigenvalue weighted by Crippen LogP contribution is 2.27. The predicted octanol–water partition coefficient (Wildman–Crippen LogP) is 5.22. The van der Waals surface area contributed by atoms with Crippen LogP contribution in [0.1, 0.15) is 11.1 Å². The van der Waals surface area contributed by atoms with Gasteiger partial charge in [0, 0.05) is 42.1 Å². The summed E-state index contributed by atoms with van der Waals surface area (Å²) in [6.45, 7) is 0.616. The molecule has 5 heteroatoms. The second-order valence-corrected chi connectivity index (χ2v) is 7.08. The molecule has 0 bridgehead atoms. The Labute approximate surface area is 168 Å². The normalized spacial score (nSPS) is 11.0. The summed E-state index contributed by atoms with van der Waals surface area (Å²) >= 11 is 0. The second kappa shape index (κ2) is 7.80. The Kier molecular flexibility index (Phi) is 5.04. The maximum absolute atomic E-state index is 13.6. The number of hydrogen-bond donors (Lipinski definition) is 1. The SMILES string of the molecule is CN(c1cccc(F)c1)c1cccc(Cn2cc(CC(=O)O)c3ccccc32)c1. The van der Waals surface area contributed by atoms with Crippen LogP contribution in [0.2, 0.25) is 0 Å². The third-order valence-corrected chi connectivity index (χ3v) is 5.06. The molecule has 0 radical (unpaired) electrons. The summed E-state index contributed by atoms with van der Waals surface area (Å²) < 4.78 is 15.7. The molecule has 0 fully saturated rings. The predicted molar refractivity (Wildman–Crippen MR) is 113 cm³/mol. The Hall–Kier alpha value is -3.60. The van der Waals surface area contributed by atoms with Crippen molar-refractivity contribution in [1.29, 1.82) is 0 Å². The monoisotopic (exact) mass is 388 g/mol. The second-order valence-electron chi connectivity index (χ2n) is 7.08. The van der Waals surface area contributed by atoms with Crippen molar-refractivity contribution in [3.8, 4) is 0 Å². The molecule has 0 aliphatic rings. The molecule has 0 aliphatic heterocycles. The van der Waals surface area contributed by atoms with Gasteiger partial charge in [-0.3, -0.25) is 4.79 Å². The molecule has 4 nitrogen and oxygen atoms in total. The van der Waals surface area contributed by atoms with Gasteiger partial charge in [-0.25, -0.2) is 4.39 Å². The molecule has 1 N–H and O–H groups in total. The van der Waals surface area contributed by atoms with E-state index >= 15 is 0 Å². The Balaban J connectivity index is 1.66. The van der Waals surface area contributed by atoms with E-state index in [1.807, 2.05) is 66.7 Å². The van der Waals surface area contributed by atoms with Gasteiger partial charge in [0.1, 0.15) is 5.82 Å². The minimum Gasteiger partial charge on any atom is -0.481 e. The lowest BCUT2D eigenvalue weighted by Gasteiger charge is -2.20. The lowest BCUT2D eigenvalue weighted by Crippen LogP contribution is -2.10. The van der Waals surface area contributed by atoms with Gasteiger partial charge in [0.25, 0.3) is 0 Å². The third kappa shape index (κ3) is 3.99. The molecule has 1 heterocycles. The first-order valence-electron chi connectivity index (χ1n) is 9.38. The fraction of sp³-hybridized carbons (Fsp3) is 0.125. The molecule has 0 amide bonds. The number of aromatic nitrogens is 1. The van der Waals surface area contributed by atoms with E-state index in [-0.39, 0.29) is 12.2 Å². The first-order chi connectivity index (χ1) is 14.0. The molecular weight excluding hydrogens is 367 g/mol. The van der Waals surface area contributed by atoms with E-state index in [4.69, 9.17) is 0 Å². The molecular formula is C24H21FN2O2. The molecule has 0 aliphatic carbocycles. The van der Waals surface area contributed by atoms with Crippen molar-refractivity contribution in [2.45, 2.75) is 13.0 Å². The van der Waals surface area contributed by atoms with Gasteiger partial charge in [-0.05, 0) is 47.5 Å². The zero-order valence-corrected chi connectivity index (χ0v) is 16.0. The van der Waals surface area contributed by atoms with Crippen LogP contribution in [0.3, 0.4) is 0 Å². The van der Waals surface area contributed by atoms with Gasteiger partial charge in [0.15, 0.2) is 0 Å². The van der Waals surface area contributed by atoms with Crippen molar-refractivity contribution >= 4 is 28.2 Å². The summed E-state index contributed by atoms with van der Waals surface area (Å²) in [5.41, 5.74) is 4.62. The Bertz CT molecular complexity index is 1180. The molecule has 0 atom stereocenters. The summed E-state index contributed by atoms with van der Waals surface area (Å²) in [5, 5.41) is 10.2. The third-order valence-electron chi connectivity index (χ3n) is 5.06. The lowest BCUT2D eigenvalue weighted by atomic mass is 10.1. The van der Waals surface area contributed by atoms with Crippen LogP contribution in [0, 0.1) is 5.82 Å². The van der Waals surface area contributed by atoms with Gasteiger partial charge in [-0.15, -0.1) is 0 Å². The highest BCUT2D eigenvalue weighted by atomic mass is 19.1. The molecule has 146 valence electrons. The number of carbonyl (C=O) groups is 1. The average molecular weight is 388 g/mol. The van der Waals surface area contributed by atoms with Crippen LogP contribution in [-0.2, 0) is 17.8 Å². The lowest BCUT2D eigenvalue weighted by molar-refractivity contribution is -0.136. The first kappa shape index (κ1) is 18.7. The van der Waals surface area contributed by atoms with E-state index < -0.39 is 5.97 Å². The minimum atomic E-state index is -0.841. The molecule has 0 unspecified atom stereocenters. The van der Waals surface area contributed by atoms with Crippen molar-refractivity contribution in [2.75, 3.05) is 11.9 Å². The number of halogens is 1. The largest absolute Gasteiger partial charge is 0.481 e. The Morgan fingerprint density at radius 2 is 1.72 bits per heavy atom. The smallest absolute Gasteiger partial charge is 0.307 e. The molecule has 4 aromatic rings. The zero-order valence-electron chi connectivity index (χ0n) is 16.0. The van der Waals surface area contributed by atoms with E-state index in [1.54, 1.807) is 6.07 Å². The van der Waals surface area contributed by atoms with E-state index in [9.17, 15) is 14.3 Å². The number of anilines is 2. The van der Waals surface area contributed by atoms with Crippen LogP contribution in [0.25, 0.3) is 10.9 Å². The van der Waals surface area contributed by atoms with Crippen LogP contribution < -0.4 is 4.90 Å². The maximum atomic E-state index is 13.6. The molecule has 0 spiro atoms. The van der Waals surface area contributed by atoms with Crippen molar-refractivity contribution in [1.82, 2.24) is 4.57 Å². The number of carboxylic acid groups (broad SMARTS) is 1. The molecule has 3 aromatic carbocycles. The number of aliphatic carboxylic acids is 1. The maximum Gasteiger partial charge on any atom is 0.307 e. The molecule has 0 saturated carbocycles. The van der Waals surface area contributed by atoms with Crippen molar-refractivity contribution < 1.29 is 14.3 Å². The zero-order chi connectivity index (χ0) is 20.4. The van der Waals surface area contributed by atoms with E-state index in [2.05, 4.69) is 10.6 Å². The van der Waals surface area contributed by atoms with Crippen LogP contribution in [-0.4, -0.2) is 22.7 Å². The van der Waals surface area contributed by atoms with Crippen molar-refractivity contribution in [3.63, 3.8) is 0 Å². The summed E-state index contributed by atoms with van der Waals surface area (Å²) in [4.78, 5) is 13.2. The number of rotatable bonds is 6. The van der Waals surface area contributed by atoms with Crippen LogP contribution >= 0.6 is 0 Å². The molecule has 4 rings (SSSR count). The first-order valence-corrected chi connectivity index (χ1v) is 9.38. The number of hydrogen-bond acceptors (Lipinski definition) is 2. The van der Waals surface area contributed by atoms with Gasteiger partial charge in [-0.1, -0.05) is 36.4 Å². The minimum absolute atomic E-state index is 0.00411. The van der Waals surface area contributed by atoms with Gasteiger partial charge in [-0.2, -0.15) is 0 Å². The summed E-state index contributed by atoms with van der Waals surface area (Å²) in [7, 11) is 1.91. The van der Waals surface area contributed by atoms with Gasteiger partial charge in [0.05, 0.1) is 6.42 Å². The Morgan fingerprint density at radius 3 is 2.48 bits per heavy atom. The van der Waals surface area contributed by atoms with Gasteiger partial charge < -0.3 is 14.6 Å². The summed E-state index contributed by atoms with van der Waals surface area (Å²) in [5.74, 6) is -1.11. The number of para-hydroxylation sites is 1. The quantitative estimate of drug-likeness (QED) is 0.492. The highest BCUT2D eigenvalue weighted by molar-refractivity contribution is 5.87. The van der Waals surface area contributed by atoms with Gasteiger partial charge >= 0.3 is 5.97 Å². The molecule has 29 heavy (non-hydrogen) atoms. The molecule has 0 saturated heterocycles. The number of carboxylic acids is 1. The summed E-state index contributed by atoms with van der Waals surface area (Å²) in [6.07, 6.45) is 1.91. The number of benzene rings is 3. The van der Waals surface area contributed by atoms with Gasteiger partial charge in [0.2, 0.25) is 0 Å². The van der Waals surface area contributed by atoms with Crippen molar-refractivity contribution in [3.05, 3.63) is 95.9 Å². The van der Waals surface area contributed by atoms with Crippen LogP contribution in [0.4, 0.5) is 15.8 Å². The van der Waals surface area contributed by atoms with E-state index in [0.717, 1.165) is 33.4 Å². The van der Waals surface area contributed by atoms with Crippen LogP contribution in [0.15, 0.2) is 79.0 Å². The standard InChI is InChI=1S/C24H21FN2O2/c1-26(21-9-5-7-19(25)14-21)20-8-4-6-17(12-20)15-27-16-18(13-24(28)29)22-10-2-3-11-23(22)27/h2-12,14,16H,13,15H2,1H3,(H,28,29). The van der Waals surface area contributed by atoms with E-state index in [1.165, 1.54) is 12.1 Å². The number of fused-ring (bicyclic) bond motifs is 1.